The molecule has 1 atom stereocenters. The number of nitrogens with two attached hydrogens (primary N) is 1. The summed E-state index contributed by atoms with van der Waals surface area (Å²) in [6.07, 6.45) is 1.11. The lowest BCUT2D eigenvalue weighted by Crippen LogP contribution is -2.23. The average molecular weight is 292 g/mol. The Morgan fingerprint density at radius 1 is 1.33 bits per heavy atom. The number of oxime groups is 1. The molecule has 0 aromatic heterocycles. The van der Waals surface area contributed by atoms with Crippen molar-refractivity contribution >= 4 is 11.8 Å². The maximum Gasteiger partial charge on any atom is 0.306 e. The molecule has 0 saturated heterocycles. The summed E-state index contributed by atoms with van der Waals surface area (Å²) in [5.74, 6) is 0.143. The van der Waals surface area contributed by atoms with Gasteiger partial charge in [-0.1, -0.05) is 36.3 Å². The lowest BCUT2D eigenvalue weighted by molar-refractivity contribution is -0.155. The second-order valence-electron chi connectivity index (χ2n) is 6.13. The summed E-state index contributed by atoms with van der Waals surface area (Å²) in [4.78, 5) is 11.7. The van der Waals surface area contributed by atoms with Crippen molar-refractivity contribution in [1.29, 1.82) is 0 Å². The summed E-state index contributed by atoms with van der Waals surface area (Å²) in [6.45, 7) is 7.64. The molecule has 0 aliphatic rings. The summed E-state index contributed by atoms with van der Waals surface area (Å²) < 4.78 is 5.29. The Kier molecular flexibility index (Phi) is 5.76. The van der Waals surface area contributed by atoms with Gasteiger partial charge in [-0.3, -0.25) is 4.79 Å². The van der Waals surface area contributed by atoms with Gasteiger partial charge >= 0.3 is 5.97 Å². The molecular weight excluding hydrogens is 268 g/mol. The highest BCUT2D eigenvalue weighted by molar-refractivity contribution is 5.96. The molecule has 0 heterocycles. The van der Waals surface area contributed by atoms with E-state index in [-0.39, 0.29) is 17.7 Å². The van der Waals surface area contributed by atoms with Crippen molar-refractivity contribution in [3.05, 3.63) is 35.4 Å². The number of esters is 1. The minimum absolute atomic E-state index is 0.0861. The Bertz CT molecular complexity index is 501. The monoisotopic (exact) mass is 292 g/mol. The van der Waals surface area contributed by atoms with Crippen LogP contribution in [0.2, 0.25) is 0 Å². The summed E-state index contributed by atoms with van der Waals surface area (Å²) in [5.41, 5.74) is 6.85. The highest BCUT2D eigenvalue weighted by Gasteiger charge is 2.17. The predicted molar refractivity (Wildman–Crippen MR) is 82.4 cm³/mol. The molecule has 1 aromatic rings. The van der Waals surface area contributed by atoms with E-state index in [1.54, 1.807) is 12.1 Å². The Hall–Kier alpha value is -2.04. The Balaban J connectivity index is 2.56. The van der Waals surface area contributed by atoms with E-state index in [2.05, 4.69) is 12.1 Å². The summed E-state index contributed by atoms with van der Waals surface area (Å²) in [5, 5.41) is 11.6. The van der Waals surface area contributed by atoms with Crippen LogP contribution < -0.4 is 5.73 Å². The van der Waals surface area contributed by atoms with E-state index in [1.165, 1.54) is 0 Å². The molecule has 1 rings (SSSR count). The predicted octanol–water partition coefficient (Wildman–Crippen LogP) is 3.01. The second kappa shape index (κ2) is 7.11. The van der Waals surface area contributed by atoms with Crippen LogP contribution in [0.25, 0.3) is 0 Å². The van der Waals surface area contributed by atoms with Gasteiger partial charge in [0.2, 0.25) is 0 Å². The van der Waals surface area contributed by atoms with Gasteiger partial charge in [-0.15, -0.1) is 0 Å². The first-order valence-electron chi connectivity index (χ1n) is 7.02. The number of benzene rings is 1. The molecule has 0 fully saturated rings. The first kappa shape index (κ1) is 17.0. The van der Waals surface area contributed by atoms with Crippen molar-refractivity contribution in [2.45, 2.75) is 52.1 Å². The van der Waals surface area contributed by atoms with E-state index in [1.807, 2.05) is 32.9 Å². The van der Waals surface area contributed by atoms with Crippen molar-refractivity contribution in [1.82, 2.24) is 0 Å². The van der Waals surface area contributed by atoms with E-state index in [0.717, 1.165) is 12.0 Å². The Morgan fingerprint density at radius 3 is 2.38 bits per heavy atom. The van der Waals surface area contributed by atoms with Crippen molar-refractivity contribution in [3.63, 3.8) is 0 Å². The Morgan fingerprint density at radius 2 is 1.90 bits per heavy atom. The number of rotatable bonds is 5. The molecule has 0 aliphatic carbocycles. The van der Waals surface area contributed by atoms with E-state index >= 15 is 0 Å². The van der Waals surface area contributed by atoms with Crippen LogP contribution in [0.5, 0.6) is 0 Å². The molecule has 1 aromatic carbocycles. The van der Waals surface area contributed by atoms with Crippen molar-refractivity contribution in [2.75, 3.05) is 0 Å². The lowest BCUT2D eigenvalue weighted by atomic mass is 9.95. The molecule has 5 heteroatoms. The van der Waals surface area contributed by atoms with Gasteiger partial charge in [-0.2, -0.15) is 0 Å². The van der Waals surface area contributed by atoms with Gasteiger partial charge in [-0.25, -0.2) is 0 Å². The number of hydrogen-bond acceptors (Lipinski definition) is 4. The van der Waals surface area contributed by atoms with Crippen LogP contribution >= 0.6 is 0 Å². The van der Waals surface area contributed by atoms with E-state index < -0.39 is 5.60 Å². The highest BCUT2D eigenvalue weighted by Crippen LogP contribution is 2.22. The zero-order chi connectivity index (χ0) is 16.0. The topological polar surface area (TPSA) is 84.9 Å². The quantitative estimate of drug-likeness (QED) is 0.287. The standard InChI is InChI=1S/C16H24N2O3/c1-11(5-10-14(19)21-16(2,3)4)12-6-8-13(9-7-12)15(17)18-20/h6-9,11,20H,5,10H2,1-4H3,(H2,17,18). The fourth-order valence-corrected chi connectivity index (χ4v) is 1.93. The maximum absolute atomic E-state index is 11.7. The zero-order valence-corrected chi connectivity index (χ0v) is 13.1. The molecule has 0 amide bonds. The number of carbonyl (C=O) groups is 1. The first-order chi connectivity index (χ1) is 9.73. The van der Waals surface area contributed by atoms with Gasteiger partial charge in [0, 0.05) is 12.0 Å². The molecule has 0 saturated carbocycles. The maximum atomic E-state index is 11.7. The van der Waals surface area contributed by atoms with Crippen LogP contribution in [0.4, 0.5) is 0 Å². The molecule has 0 spiro atoms. The van der Waals surface area contributed by atoms with Crippen molar-refractivity contribution in [2.24, 2.45) is 10.9 Å². The fourth-order valence-electron chi connectivity index (χ4n) is 1.93. The fraction of sp³-hybridized carbons (Fsp3) is 0.500. The van der Waals surface area contributed by atoms with Gasteiger partial charge < -0.3 is 15.7 Å². The molecule has 0 radical (unpaired) electrons. The number of hydrogen-bond donors (Lipinski definition) is 2. The largest absolute Gasteiger partial charge is 0.460 e. The number of amidine groups is 1. The minimum atomic E-state index is -0.441. The van der Waals surface area contributed by atoms with Gasteiger partial charge in [0.1, 0.15) is 5.60 Å². The normalized spacial score (nSPS) is 13.8. The van der Waals surface area contributed by atoms with Gasteiger partial charge in [0.15, 0.2) is 5.84 Å². The number of carbonyl (C=O) groups excluding carboxylic acids is 1. The summed E-state index contributed by atoms with van der Waals surface area (Å²) >= 11 is 0. The molecule has 1 unspecified atom stereocenters. The zero-order valence-electron chi connectivity index (χ0n) is 13.1. The van der Waals surface area contributed by atoms with Gasteiger partial charge in [0.25, 0.3) is 0 Å². The molecule has 5 nitrogen and oxygen atoms in total. The lowest BCUT2D eigenvalue weighted by Gasteiger charge is -2.20. The third kappa shape index (κ3) is 5.85. The van der Waals surface area contributed by atoms with Gasteiger partial charge in [0.05, 0.1) is 0 Å². The average Bonchev–Trinajstić information content (AvgIpc) is 2.42. The van der Waals surface area contributed by atoms with Crippen molar-refractivity contribution < 1.29 is 14.7 Å². The summed E-state index contributed by atoms with van der Waals surface area (Å²) in [6, 6.07) is 7.45. The molecule has 21 heavy (non-hydrogen) atoms. The number of ether oxygens (including phenoxy) is 1. The Labute approximate surface area is 125 Å². The van der Waals surface area contributed by atoms with Crippen LogP contribution in [-0.4, -0.2) is 22.6 Å². The molecular formula is C16H24N2O3. The molecule has 116 valence electrons. The third-order valence-electron chi connectivity index (χ3n) is 3.08. The first-order valence-corrected chi connectivity index (χ1v) is 7.02. The third-order valence-corrected chi connectivity index (χ3v) is 3.08. The van der Waals surface area contributed by atoms with Gasteiger partial charge in [-0.05, 0) is 38.7 Å². The van der Waals surface area contributed by atoms with Crippen LogP contribution in [0.3, 0.4) is 0 Å². The minimum Gasteiger partial charge on any atom is -0.460 e. The molecule has 0 aliphatic heterocycles. The van der Waals surface area contributed by atoms with Crippen molar-refractivity contribution in [3.8, 4) is 0 Å². The second-order valence-corrected chi connectivity index (χ2v) is 6.13. The van der Waals surface area contributed by atoms with Crippen LogP contribution in [0, 0.1) is 0 Å². The molecule has 0 bridgehead atoms. The SMILES string of the molecule is CC(CCC(=O)OC(C)(C)C)c1ccc(/C(N)=N/O)cc1. The van der Waals surface area contributed by atoms with Crippen LogP contribution in [0.15, 0.2) is 29.4 Å². The van der Waals surface area contributed by atoms with Crippen LogP contribution in [-0.2, 0) is 9.53 Å². The summed E-state index contributed by atoms with van der Waals surface area (Å²) in [7, 11) is 0. The molecule has 3 N–H and O–H groups in total. The van der Waals surface area contributed by atoms with Crippen LogP contribution in [0.1, 0.15) is 57.6 Å². The smallest absolute Gasteiger partial charge is 0.306 e. The van der Waals surface area contributed by atoms with E-state index in [0.29, 0.717) is 12.0 Å². The van der Waals surface area contributed by atoms with E-state index in [9.17, 15) is 4.79 Å². The highest BCUT2D eigenvalue weighted by atomic mass is 16.6. The van der Waals surface area contributed by atoms with E-state index in [4.69, 9.17) is 15.7 Å². The number of nitrogens with zero attached hydrogens (tertiary/aromatic N) is 1.